The maximum Gasteiger partial charge on any atom is 0.268 e. The Morgan fingerprint density at radius 1 is 1.43 bits per heavy atom. The van der Waals surface area contributed by atoms with Crippen molar-refractivity contribution in [3.05, 3.63) is 4.88 Å². The van der Waals surface area contributed by atoms with Gasteiger partial charge in [-0.15, -0.1) is 0 Å². The number of nitrogens with two attached hydrogens (primary N) is 1. The molecule has 0 aliphatic carbocycles. The molecule has 0 saturated carbocycles. The van der Waals surface area contributed by atoms with Gasteiger partial charge in [0.25, 0.3) is 5.91 Å². The van der Waals surface area contributed by atoms with E-state index in [4.69, 9.17) is 10.5 Å². The first-order valence-corrected chi connectivity index (χ1v) is 8.01. The van der Waals surface area contributed by atoms with Crippen molar-refractivity contribution in [1.29, 1.82) is 0 Å². The largest absolute Gasteiger partial charge is 0.383 e. The molecule has 1 aromatic rings. The Kier molecular flexibility index (Phi) is 6.91. The van der Waals surface area contributed by atoms with Crippen molar-refractivity contribution in [3.63, 3.8) is 0 Å². The molecule has 0 aliphatic rings. The Hall–Kier alpha value is -1.34. The highest BCUT2D eigenvalue weighted by molar-refractivity contribution is 7.18. The molecule has 0 saturated heterocycles. The van der Waals surface area contributed by atoms with Gasteiger partial charge in [-0.3, -0.25) is 4.79 Å². The van der Waals surface area contributed by atoms with E-state index < -0.39 is 0 Å². The maximum absolute atomic E-state index is 12.6. The summed E-state index contributed by atoms with van der Waals surface area (Å²) >= 11 is 1.35. The Morgan fingerprint density at radius 3 is 2.62 bits per heavy atom. The predicted molar refractivity (Wildman–Crippen MR) is 88.1 cm³/mol. The van der Waals surface area contributed by atoms with Gasteiger partial charge in [0.2, 0.25) is 0 Å². The second-order valence-electron chi connectivity index (χ2n) is 5.22. The normalized spacial score (nSPS) is 11.0. The first kappa shape index (κ1) is 17.7. The van der Waals surface area contributed by atoms with E-state index in [1.807, 2.05) is 25.8 Å². The van der Waals surface area contributed by atoms with Crippen LogP contribution in [0.15, 0.2) is 0 Å². The van der Waals surface area contributed by atoms with Gasteiger partial charge in [-0.1, -0.05) is 18.3 Å². The number of hydrogen-bond donors (Lipinski definition) is 1. The van der Waals surface area contributed by atoms with Crippen LogP contribution in [0.25, 0.3) is 0 Å². The van der Waals surface area contributed by atoms with E-state index in [9.17, 15) is 4.79 Å². The van der Waals surface area contributed by atoms with Crippen LogP contribution < -0.4 is 10.6 Å². The summed E-state index contributed by atoms with van der Waals surface area (Å²) < 4.78 is 5.07. The van der Waals surface area contributed by atoms with Crippen molar-refractivity contribution < 1.29 is 9.53 Å². The molecule has 1 aromatic heterocycles. The summed E-state index contributed by atoms with van der Waals surface area (Å²) in [6.07, 6.45) is 1.02. The van der Waals surface area contributed by atoms with Gasteiger partial charge >= 0.3 is 0 Å². The minimum absolute atomic E-state index is 0.0757. The smallest absolute Gasteiger partial charge is 0.268 e. The molecule has 0 radical (unpaired) electrons. The highest BCUT2D eigenvalue weighted by Crippen LogP contribution is 2.29. The van der Waals surface area contributed by atoms with Crippen molar-refractivity contribution >= 4 is 28.2 Å². The van der Waals surface area contributed by atoms with E-state index in [1.54, 1.807) is 12.0 Å². The molecule has 120 valence electrons. The number of carbonyl (C=O) groups excluding carboxylic acids is 1. The summed E-state index contributed by atoms with van der Waals surface area (Å²) in [6, 6.07) is 0.0889. The minimum atomic E-state index is -0.0757. The van der Waals surface area contributed by atoms with Crippen LogP contribution in [0, 0.1) is 0 Å². The highest BCUT2D eigenvalue weighted by Gasteiger charge is 2.24. The third-order valence-corrected chi connectivity index (χ3v) is 4.32. The summed E-state index contributed by atoms with van der Waals surface area (Å²) in [5.74, 6) is 0.235. The number of methoxy groups -OCH3 is 1. The fourth-order valence-corrected chi connectivity index (χ4v) is 2.91. The number of carbonyl (C=O) groups is 1. The Balaban J connectivity index is 2.94. The molecule has 21 heavy (non-hydrogen) atoms. The fourth-order valence-electron chi connectivity index (χ4n) is 1.98. The van der Waals surface area contributed by atoms with Crippen LogP contribution in [-0.4, -0.2) is 55.7 Å². The molecule has 0 unspecified atom stereocenters. The van der Waals surface area contributed by atoms with Crippen LogP contribution in [0.2, 0.25) is 0 Å². The molecule has 6 nitrogen and oxygen atoms in total. The predicted octanol–water partition coefficient (Wildman–Crippen LogP) is 2.07. The molecule has 2 N–H and O–H groups in total. The van der Waals surface area contributed by atoms with Crippen molar-refractivity contribution in [2.75, 3.05) is 44.5 Å². The van der Waals surface area contributed by atoms with Crippen molar-refractivity contribution in [3.8, 4) is 0 Å². The van der Waals surface area contributed by atoms with Gasteiger partial charge in [-0.05, 0) is 20.3 Å². The van der Waals surface area contributed by atoms with E-state index >= 15 is 0 Å². The van der Waals surface area contributed by atoms with Crippen LogP contribution in [-0.2, 0) is 4.74 Å². The summed E-state index contributed by atoms with van der Waals surface area (Å²) in [6.45, 7) is 8.00. The number of ether oxygens (including phenoxy) is 1. The number of aromatic nitrogens is 1. The van der Waals surface area contributed by atoms with Gasteiger partial charge in [0, 0.05) is 33.3 Å². The van der Waals surface area contributed by atoms with Crippen molar-refractivity contribution in [1.82, 2.24) is 9.88 Å². The third kappa shape index (κ3) is 4.57. The molecule has 7 heteroatoms. The molecular weight excluding hydrogens is 288 g/mol. The van der Waals surface area contributed by atoms with Crippen LogP contribution >= 0.6 is 11.3 Å². The van der Waals surface area contributed by atoms with Crippen LogP contribution in [0.1, 0.15) is 36.9 Å². The van der Waals surface area contributed by atoms with Gasteiger partial charge in [0.1, 0.15) is 10.7 Å². The van der Waals surface area contributed by atoms with Crippen LogP contribution in [0.5, 0.6) is 0 Å². The second kappa shape index (κ2) is 8.19. The average molecular weight is 314 g/mol. The van der Waals surface area contributed by atoms with Crippen molar-refractivity contribution in [2.45, 2.75) is 33.2 Å². The number of anilines is 2. The van der Waals surface area contributed by atoms with E-state index in [0.717, 1.165) is 18.1 Å². The molecule has 0 aromatic carbocycles. The van der Waals surface area contributed by atoms with E-state index in [2.05, 4.69) is 11.9 Å². The topological polar surface area (TPSA) is 71.7 Å². The van der Waals surface area contributed by atoms with Crippen LogP contribution in [0.4, 0.5) is 10.9 Å². The number of nitrogens with zero attached hydrogens (tertiary/aromatic N) is 3. The standard InChI is InChI=1S/C14H26N4O2S/c1-6-7-17(4)14-16-12(15)11(21-14)13(19)18(10(2)3)8-9-20-5/h10H,6-9,15H2,1-5H3. The SMILES string of the molecule is CCCN(C)c1nc(N)c(C(=O)N(CCOC)C(C)C)s1. The number of nitrogen functional groups attached to an aromatic ring is 1. The molecule has 0 aliphatic heterocycles. The van der Waals surface area contributed by atoms with Gasteiger partial charge in [-0.2, -0.15) is 0 Å². The lowest BCUT2D eigenvalue weighted by molar-refractivity contribution is 0.0640. The third-order valence-electron chi connectivity index (χ3n) is 3.14. The second-order valence-corrected chi connectivity index (χ2v) is 6.19. The van der Waals surface area contributed by atoms with Gasteiger partial charge in [-0.25, -0.2) is 4.98 Å². The number of thiazole rings is 1. The lowest BCUT2D eigenvalue weighted by Gasteiger charge is -2.25. The summed E-state index contributed by atoms with van der Waals surface area (Å²) in [7, 11) is 3.59. The molecule has 0 bridgehead atoms. The quantitative estimate of drug-likeness (QED) is 0.795. The van der Waals surface area contributed by atoms with Gasteiger partial charge in [0.15, 0.2) is 5.13 Å². The Labute approximate surface area is 130 Å². The van der Waals surface area contributed by atoms with Gasteiger partial charge < -0.3 is 20.3 Å². The molecule has 0 atom stereocenters. The highest BCUT2D eigenvalue weighted by atomic mass is 32.1. The number of hydrogen-bond acceptors (Lipinski definition) is 6. The lowest BCUT2D eigenvalue weighted by atomic mass is 10.3. The summed E-state index contributed by atoms with van der Waals surface area (Å²) in [4.78, 5) is 21.3. The molecule has 1 rings (SSSR count). The van der Waals surface area contributed by atoms with E-state index in [-0.39, 0.29) is 11.9 Å². The molecular formula is C14H26N4O2S. The fraction of sp³-hybridized carbons (Fsp3) is 0.714. The first-order chi connectivity index (χ1) is 9.92. The molecule has 0 fully saturated rings. The Morgan fingerprint density at radius 2 is 2.10 bits per heavy atom. The zero-order chi connectivity index (χ0) is 16.0. The van der Waals surface area contributed by atoms with Crippen LogP contribution in [0.3, 0.4) is 0 Å². The molecule has 1 amide bonds. The zero-order valence-electron chi connectivity index (χ0n) is 13.5. The van der Waals surface area contributed by atoms with Crippen molar-refractivity contribution in [2.24, 2.45) is 0 Å². The molecule has 0 spiro atoms. The minimum Gasteiger partial charge on any atom is -0.383 e. The lowest BCUT2D eigenvalue weighted by Crippen LogP contribution is -2.39. The first-order valence-electron chi connectivity index (χ1n) is 7.19. The number of amides is 1. The molecule has 1 heterocycles. The Bertz CT molecular complexity index is 462. The average Bonchev–Trinajstić information content (AvgIpc) is 2.81. The van der Waals surface area contributed by atoms with E-state index in [1.165, 1.54) is 11.3 Å². The summed E-state index contributed by atoms with van der Waals surface area (Å²) in [5.41, 5.74) is 5.94. The monoisotopic (exact) mass is 314 g/mol. The summed E-state index contributed by atoms with van der Waals surface area (Å²) in [5, 5.41) is 0.785. The zero-order valence-corrected chi connectivity index (χ0v) is 14.4. The van der Waals surface area contributed by atoms with E-state index in [0.29, 0.717) is 23.8 Å². The maximum atomic E-state index is 12.6. The number of rotatable bonds is 8. The van der Waals surface area contributed by atoms with Gasteiger partial charge in [0.05, 0.1) is 6.61 Å².